The van der Waals surface area contributed by atoms with Gasteiger partial charge >= 0.3 is 0 Å². The number of hydrogen-bond acceptors (Lipinski definition) is 4. The molecule has 1 aromatic heterocycles. The number of benzene rings is 1. The molecule has 5 nitrogen and oxygen atoms in total. The molecule has 1 aromatic carbocycles. The number of nitrogens with one attached hydrogen (secondary N) is 1. The van der Waals surface area contributed by atoms with Crippen molar-refractivity contribution in [1.29, 1.82) is 0 Å². The molecule has 22 heavy (non-hydrogen) atoms. The molecule has 2 unspecified atom stereocenters. The molecule has 1 aliphatic rings. The minimum absolute atomic E-state index is 0.197. The van der Waals surface area contributed by atoms with Crippen LogP contribution in [0.15, 0.2) is 12.1 Å². The highest BCUT2D eigenvalue weighted by Gasteiger charge is 2.29. The third-order valence-corrected chi connectivity index (χ3v) is 4.39. The van der Waals surface area contributed by atoms with Gasteiger partial charge in [0.15, 0.2) is 6.23 Å². The van der Waals surface area contributed by atoms with E-state index in [1.54, 1.807) is 12.1 Å². The molecule has 0 bridgehead atoms. The number of imidazole rings is 1. The predicted molar refractivity (Wildman–Crippen MR) is 88.7 cm³/mol. The quantitative estimate of drug-likeness (QED) is 0.888. The molecule has 7 heteroatoms. The zero-order valence-electron chi connectivity index (χ0n) is 12.5. The second-order valence-corrected chi connectivity index (χ2v) is 6.64. The lowest BCUT2D eigenvalue weighted by Gasteiger charge is -2.30. The molecular weight excluding hydrogens is 325 g/mol. The standard InChI is InChI=1S/C15H19Cl2N3O2/c1-8(2)18-15-19-11-6-9(16)10(17)7-12(11)20(15)14-13(21)4-3-5-22-14/h6-8,13-14,21H,3-5H2,1-2H3,(H,18,19). The van der Waals surface area contributed by atoms with Crippen LogP contribution >= 0.6 is 23.2 Å². The van der Waals surface area contributed by atoms with Gasteiger partial charge in [0.25, 0.3) is 0 Å². The van der Waals surface area contributed by atoms with Gasteiger partial charge in [0, 0.05) is 12.6 Å². The Kier molecular flexibility index (Phi) is 4.50. The maximum absolute atomic E-state index is 10.3. The molecule has 0 aliphatic carbocycles. The van der Waals surface area contributed by atoms with Gasteiger partial charge < -0.3 is 15.2 Å². The summed E-state index contributed by atoms with van der Waals surface area (Å²) in [7, 11) is 0. The Bertz CT molecular complexity index is 687. The van der Waals surface area contributed by atoms with Crippen molar-refractivity contribution in [2.45, 2.75) is 45.1 Å². The number of hydrogen-bond donors (Lipinski definition) is 2. The van der Waals surface area contributed by atoms with Crippen LogP contribution < -0.4 is 5.32 Å². The molecule has 1 fully saturated rings. The van der Waals surface area contributed by atoms with E-state index in [9.17, 15) is 5.11 Å². The lowest BCUT2D eigenvalue weighted by Crippen LogP contribution is -2.32. The van der Waals surface area contributed by atoms with Crippen LogP contribution in [-0.2, 0) is 4.74 Å². The van der Waals surface area contributed by atoms with Gasteiger partial charge in [0.1, 0.15) is 0 Å². The van der Waals surface area contributed by atoms with Crippen molar-refractivity contribution in [3.8, 4) is 0 Å². The van der Waals surface area contributed by atoms with Gasteiger partial charge in [0.2, 0.25) is 5.95 Å². The van der Waals surface area contributed by atoms with Crippen molar-refractivity contribution < 1.29 is 9.84 Å². The monoisotopic (exact) mass is 343 g/mol. The second-order valence-electron chi connectivity index (χ2n) is 5.83. The highest BCUT2D eigenvalue weighted by Crippen LogP contribution is 2.35. The van der Waals surface area contributed by atoms with Crippen LogP contribution in [0.1, 0.15) is 32.9 Å². The topological polar surface area (TPSA) is 59.3 Å². The molecule has 0 radical (unpaired) electrons. The van der Waals surface area contributed by atoms with E-state index < -0.39 is 12.3 Å². The van der Waals surface area contributed by atoms with Gasteiger partial charge in [-0.1, -0.05) is 23.2 Å². The number of rotatable bonds is 3. The first kappa shape index (κ1) is 15.9. The molecule has 1 saturated heterocycles. The number of fused-ring (bicyclic) bond motifs is 1. The Morgan fingerprint density at radius 1 is 1.36 bits per heavy atom. The number of halogens is 2. The van der Waals surface area contributed by atoms with Crippen molar-refractivity contribution in [3.05, 3.63) is 22.2 Å². The molecule has 2 atom stereocenters. The summed E-state index contributed by atoms with van der Waals surface area (Å²) in [5.41, 5.74) is 1.52. The lowest BCUT2D eigenvalue weighted by atomic mass is 10.1. The van der Waals surface area contributed by atoms with Gasteiger partial charge in [0.05, 0.1) is 27.2 Å². The summed E-state index contributed by atoms with van der Waals surface area (Å²) < 4.78 is 7.67. The maximum atomic E-state index is 10.3. The number of anilines is 1. The SMILES string of the molecule is CC(C)Nc1nc2cc(Cl)c(Cl)cc2n1C1OCCCC1O. The number of ether oxygens (including phenoxy) is 1. The number of aromatic nitrogens is 2. The van der Waals surface area contributed by atoms with E-state index in [-0.39, 0.29) is 6.04 Å². The van der Waals surface area contributed by atoms with Gasteiger partial charge in [-0.2, -0.15) is 0 Å². The molecular formula is C15H19Cl2N3O2. The molecule has 2 aromatic rings. The summed E-state index contributed by atoms with van der Waals surface area (Å²) in [6.45, 7) is 4.67. The summed E-state index contributed by atoms with van der Waals surface area (Å²) in [4.78, 5) is 4.58. The summed E-state index contributed by atoms with van der Waals surface area (Å²) in [5.74, 6) is 0.647. The zero-order valence-corrected chi connectivity index (χ0v) is 14.0. The Morgan fingerprint density at radius 3 is 2.77 bits per heavy atom. The summed E-state index contributed by atoms with van der Waals surface area (Å²) in [6, 6.07) is 3.70. The van der Waals surface area contributed by atoms with Crippen LogP contribution in [0.2, 0.25) is 10.0 Å². The minimum atomic E-state index is -0.576. The Labute approximate surface area is 139 Å². The van der Waals surface area contributed by atoms with Crippen molar-refractivity contribution in [3.63, 3.8) is 0 Å². The lowest BCUT2D eigenvalue weighted by molar-refractivity contribution is -0.111. The first-order chi connectivity index (χ1) is 10.5. The van der Waals surface area contributed by atoms with Crippen molar-refractivity contribution in [1.82, 2.24) is 9.55 Å². The van der Waals surface area contributed by atoms with Crippen LogP contribution in [0.3, 0.4) is 0 Å². The van der Waals surface area contributed by atoms with E-state index in [2.05, 4.69) is 10.3 Å². The first-order valence-electron chi connectivity index (χ1n) is 7.40. The van der Waals surface area contributed by atoms with E-state index in [4.69, 9.17) is 27.9 Å². The Hall–Kier alpha value is -1.01. The molecule has 3 rings (SSSR count). The highest BCUT2D eigenvalue weighted by molar-refractivity contribution is 6.42. The average Bonchev–Trinajstić information content (AvgIpc) is 2.76. The molecule has 1 aliphatic heterocycles. The van der Waals surface area contributed by atoms with Crippen molar-refractivity contribution >= 4 is 40.2 Å². The number of aliphatic hydroxyl groups excluding tert-OH is 1. The third kappa shape index (κ3) is 2.91. The van der Waals surface area contributed by atoms with Crippen LogP contribution in [0, 0.1) is 0 Å². The van der Waals surface area contributed by atoms with E-state index in [1.807, 2.05) is 18.4 Å². The van der Waals surface area contributed by atoms with Crippen LogP contribution in [0.25, 0.3) is 11.0 Å². The summed E-state index contributed by atoms with van der Waals surface area (Å²) >= 11 is 12.2. The molecule has 0 spiro atoms. The van der Waals surface area contributed by atoms with E-state index in [0.29, 0.717) is 29.0 Å². The van der Waals surface area contributed by atoms with Crippen molar-refractivity contribution in [2.24, 2.45) is 0 Å². The van der Waals surface area contributed by atoms with Crippen LogP contribution in [0.4, 0.5) is 5.95 Å². The Balaban J connectivity index is 2.16. The molecule has 2 N–H and O–H groups in total. The molecule has 0 amide bonds. The van der Waals surface area contributed by atoms with E-state index in [0.717, 1.165) is 17.5 Å². The fourth-order valence-corrected chi connectivity index (χ4v) is 3.02. The van der Waals surface area contributed by atoms with E-state index >= 15 is 0 Å². The maximum Gasteiger partial charge on any atom is 0.206 e. The van der Waals surface area contributed by atoms with Crippen molar-refractivity contribution in [2.75, 3.05) is 11.9 Å². The number of nitrogens with zero attached hydrogens (tertiary/aromatic N) is 2. The third-order valence-electron chi connectivity index (χ3n) is 3.67. The van der Waals surface area contributed by atoms with Crippen LogP contribution in [0.5, 0.6) is 0 Å². The fourth-order valence-electron chi connectivity index (χ4n) is 2.70. The minimum Gasteiger partial charge on any atom is -0.388 e. The van der Waals surface area contributed by atoms with Gasteiger partial charge in [-0.15, -0.1) is 0 Å². The zero-order chi connectivity index (χ0) is 15.9. The smallest absolute Gasteiger partial charge is 0.206 e. The predicted octanol–water partition coefficient (Wildman–Crippen LogP) is 3.83. The average molecular weight is 344 g/mol. The first-order valence-corrected chi connectivity index (χ1v) is 8.16. The summed E-state index contributed by atoms with van der Waals surface area (Å²) in [6.07, 6.45) is 0.502. The van der Waals surface area contributed by atoms with E-state index in [1.165, 1.54) is 0 Å². The molecule has 120 valence electrons. The molecule has 2 heterocycles. The van der Waals surface area contributed by atoms with Gasteiger partial charge in [-0.05, 0) is 38.8 Å². The largest absolute Gasteiger partial charge is 0.388 e. The second kappa shape index (κ2) is 6.24. The van der Waals surface area contributed by atoms with Crippen LogP contribution in [-0.4, -0.2) is 33.4 Å². The Morgan fingerprint density at radius 2 is 2.09 bits per heavy atom. The fraction of sp³-hybridized carbons (Fsp3) is 0.533. The highest BCUT2D eigenvalue weighted by atomic mass is 35.5. The van der Waals surface area contributed by atoms with Gasteiger partial charge in [-0.3, -0.25) is 4.57 Å². The van der Waals surface area contributed by atoms with Gasteiger partial charge in [-0.25, -0.2) is 4.98 Å². The molecule has 0 saturated carbocycles. The number of aliphatic hydroxyl groups is 1. The normalized spacial score (nSPS) is 22.5. The summed E-state index contributed by atoms with van der Waals surface area (Å²) in [5, 5.41) is 14.5.